The van der Waals surface area contributed by atoms with Gasteiger partial charge in [0.25, 0.3) is 5.91 Å². The van der Waals surface area contributed by atoms with Crippen LogP contribution in [0.2, 0.25) is 0 Å². The van der Waals surface area contributed by atoms with E-state index in [-0.39, 0.29) is 17.2 Å². The van der Waals surface area contributed by atoms with Crippen molar-refractivity contribution in [3.63, 3.8) is 0 Å². The van der Waals surface area contributed by atoms with E-state index in [2.05, 4.69) is 10.3 Å². The predicted molar refractivity (Wildman–Crippen MR) is 80.6 cm³/mol. The van der Waals surface area contributed by atoms with Gasteiger partial charge in [-0.3, -0.25) is 9.59 Å². The first-order valence-electron chi connectivity index (χ1n) is 5.92. The molecule has 0 aliphatic heterocycles. The number of amides is 1. The molecule has 0 radical (unpaired) electrons. The molecule has 6 heteroatoms. The molecule has 1 aromatic heterocycles. The van der Waals surface area contributed by atoms with E-state index in [1.54, 1.807) is 18.2 Å². The summed E-state index contributed by atoms with van der Waals surface area (Å²) in [6.45, 7) is 0.355. The second-order valence-corrected chi connectivity index (χ2v) is 4.61. The fourth-order valence-corrected chi connectivity index (χ4v) is 1.78. The Kier molecular flexibility index (Phi) is 4.27. The maximum atomic E-state index is 11.8. The van der Waals surface area contributed by atoms with Gasteiger partial charge in [0, 0.05) is 18.2 Å². The van der Waals surface area contributed by atoms with Crippen LogP contribution in [0.1, 0.15) is 21.6 Å². The molecule has 2 aromatic rings. The molecule has 2 rings (SSSR count). The van der Waals surface area contributed by atoms with Crippen molar-refractivity contribution in [2.24, 2.45) is 5.73 Å². The summed E-state index contributed by atoms with van der Waals surface area (Å²) in [5, 5.41) is 2.72. The van der Waals surface area contributed by atoms with Gasteiger partial charge in [-0.15, -0.1) is 0 Å². The van der Waals surface area contributed by atoms with Gasteiger partial charge in [-0.25, -0.2) is 0 Å². The van der Waals surface area contributed by atoms with Crippen LogP contribution in [0.15, 0.2) is 47.3 Å². The highest BCUT2D eigenvalue weighted by atomic mass is 32.1. The number of hydrogen-bond donors (Lipinski definition) is 3. The van der Waals surface area contributed by atoms with E-state index in [0.29, 0.717) is 11.5 Å². The minimum Gasteiger partial charge on any atom is -0.389 e. The van der Waals surface area contributed by atoms with E-state index in [0.717, 1.165) is 11.1 Å². The second-order valence-electron chi connectivity index (χ2n) is 4.17. The Morgan fingerprint density at radius 3 is 2.50 bits per heavy atom. The Hall–Kier alpha value is -2.47. The first-order chi connectivity index (χ1) is 9.56. The molecule has 0 saturated heterocycles. The Morgan fingerprint density at radius 1 is 1.20 bits per heavy atom. The van der Waals surface area contributed by atoms with Gasteiger partial charge in [0.15, 0.2) is 0 Å². The van der Waals surface area contributed by atoms with Gasteiger partial charge in [0.05, 0.1) is 0 Å². The summed E-state index contributed by atoms with van der Waals surface area (Å²) in [5.41, 5.74) is 7.12. The molecular weight excluding hydrogens is 274 g/mol. The van der Waals surface area contributed by atoms with Gasteiger partial charge in [-0.2, -0.15) is 0 Å². The third-order valence-corrected chi connectivity index (χ3v) is 2.94. The number of nitrogens with one attached hydrogen (secondary N) is 2. The van der Waals surface area contributed by atoms with Crippen molar-refractivity contribution in [2.45, 2.75) is 6.54 Å². The second kappa shape index (κ2) is 6.12. The molecule has 0 aliphatic carbocycles. The summed E-state index contributed by atoms with van der Waals surface area (Å²) in [5.74, 6) is -0.332. The number of carbonyl (C=O) groups excluding carboxylic acids is 1. The van der Waals surface area contributed by atoms with Crippen LogP contribution in [0.4, 0.5) is 0 Å². The molecule has 0 bridgehead atoms. The lowest BCUT2D eigenvalue weighted by molar-refractivity contribution is 0.0945. The van der Waals surface area contributed by atoms with Crippen LogP contribution in [0.3, 0.4) is 0 Å². The topological polar surface area (TPSA) is 88.0 Å². The fraction of sp³-hybridized carbons (Fsp3) is 0.0714. The number of rotatable bonds is 4. The molecule has 1 aromatic carbocycles. The van der Waals surface area contributed by atoms with Gasteiger partial charge < -0.3 is 16.0 Å². The average molecular weight is 287 g/mol. The number of aromatic nitrogens is 1. The maximum Gasteiger partial charge on any atom is 0.268 e. The Bertz CT molecular complexity index is 692. The smallest absolute Gasteiger partial charge is 0.268 e. The molecule has 0 fully saturated rings. The number of hydrogen-bond acceptors (Lipinski definition) is 3. The monoisotopic (exact) mass is 287 g/mol. The van der Waals surface area contributed by atoms with Gasteiger partial charge >= 0.3 is 0 Å². The van der Waals surface area contributed by atoms with Crippen LogP contribution in [-0.4, -0.2) is 15.9 Å². The molecule has 0 unspecified atom stereocenters. The first kappa shape index (κ1) is 14.0. The number of benzene rings is 1. The third-order valence-electron chi connectivity index (χ3n) is 2.70. The van der Waals surface area contributed by atoms with Gasteiger partial charge in [0.2, 0.25) is 5.56 Å². The quantitative estimate of drug-likeness (QED) is 0.730. The lowest BCUT2D eigenvalue weighted by Gasteiger charge is -2.06. The zero-order chi connectivity index (χ0) is 14.5. The van der Waals surface area contributed by atoms with Crippen molar-refractivity contribution in [3.05, 3.63) is 69.6 Å². The number of H-pyrrole nitrogens is 1. The minimum absolute atomic E-state index is 0.234. The predicted octanol–water partition coefficient (Wildman–Crippen LogP) is 0.939. The number of nitrogens with two attached hydrogens (primary N) is 1. The molecule has 0 saturated carbocycles. The van der Waals surface area contributed by atoms with Crippen LogP contribution in [-0.2, 0) is 6.54 Å². The number of carbonyl (C=O) groups is 1. The van der Waals surface area contributed by atoms with E-state index in [1.165, 1.54) is 12.1 Å². The van der Waals surface area contributed by atoms with Crippen molar-refractivity contribution in [1.29, 1.82) is 0 Å². The maximum absolute atomic E-state index is 11.8. The Labute approximate surface area is 120 Å². The Balaban J connectivity index is 2.00. The molecule has 20 heavy (non-hydrogen) atoms. The number of pyridine rings is 1. The molecule has 0 atom stereocenters. The standard InChI is InChI=1S/C14H13N3O2S/c15-13(20)10-6-4-9(5-7-10)8-16-14(19)11-2-1-3-12(18)17-11/h1-7H,8H2,(H2,15,20)(H,16,19)(H,17,18). The number of aromatic amines is 1. The van der Waals surface area contributed by atoms with Gasteiger partial charge in [-0.05, 0) is 11.6 Å². The molecule has 5 nitrogen and oxygen atoms in total. The molecule has 0 spiro atoms. The first-order valence-corrected chi connectivity index (χ1v) is 6.33. The highest BCUT2D eigenvalue weighted by Crippen LogP contribution is 2.04. The summed E-state index contributed by atoms with van der Waals surface area (Å²) < 4.78 is 0. The molecule has 102 valence electrons. The van der Waals surface area contributed by atoms with E-state index in [9.17, 15) is 9.59 Å². The van der Waals surface area contributed by atoms with E-state index >= 15 is 0 Å². The van der Waals surface area contributed by atoms with Crippen molar-refractivity contribution >= 4 is 23.1 Å². The molecule has 0 aliphatic rings. The lowest BCUT2D eigenvalue weighted by Crippen LogP contribution is -2.25. The molecular formula is C14H13N3O2S. The van der Waals surface area contributed by atoms with Crippen LogP contribution in [0, 0.1) is 0 Å². The molecule has 1 heterocycles. The summed E-state index contributed by atoms with van der Waals surface area (Å²) in [4.78, 5) is 25.7. The van der Waals surface area contributed by atoms with Crippen LogP contribution < -0.4 is 16.6 Å². The van der Waals surface area contributed by atoms with E-state index in [4.69, 9.17) is 18.0 Å². The average Bonchev–Trinajstić information content (AvgIpc) is 2.45. The summed E-state index contributed by atoms with van der Waals surface area (Å²) in [7, 11) is 0. The zero-order valence-corrected chi connectivity index (χ0v) is 11.4. The van der Waals surface area contributed by atoms with E-state index in [1.807, 2.05) is 12.1 Å². The molecule has 4 N–H and O–H groups in total. The largest absolute Gasteiger partial charge is 0.389 e. The van der Waals surface area contributed by atoms with Crippen molar-refractivity contribution in [1.82, 2.24) is 10.3 Å². The minimum atomic E-state index is -0.332. The fourth-order valence-electron chi connectivity index (χ4n) is 1.64. The summed E-state index contributed by atoms with van der Waals surface area (Å²) >= 11 is 4.86. The van der Waals surface area contributed by atoms with Gasteiger partial charge in [0.1, 0.15) is 10.7 Å². The SMILES string of the molecule is NC(=S)c1ccc(CNC(=O)c2cccc(=O)[nH]2)cc1. The summed E-state index contributed by atoms with van der Waals surface area (Å²) in [6, 6.07) is 11.7. The zero-order valence-electron chi connectivity index (χ0n) is 10.6. The number of thiocarbonyl (C=S) groups is 1. The van der Waals surface area contributed by atoms with Crippen molar-refractivity contribution in [2.75, 3.05) is 0 Å². The van der Waals surface area contributed by atoms with Crippen molar-refractivity contribution < 1.29 is 4.79 Å². The van der Waals surface area contributed by atoms with Crippen LogP contribution in [0.25, 0.3) is 0 Å². The Morgan fingerprint density at radius 2 is 1.90 bits per heavy atom. The highest BCUT2D eigenvalue weighted by molar-refractivity contribution is 7.80. The lowest BCUT2D eigenvalue weighted by atomic mass is 10.1. The van der Waals surface area contributed by atoms with Crippen LogP contribution in [0.5, 0.6) is 0 Å². The summed E-state index contributed by atoms with van der Waals surface area (Å²) in [6.07, 6.45) is 0. The third kappa shape index (κ3) is 3.52. The molecule has 1 amide bonds. The van der Waals surface area contributed by atoms with Crippen LogP contribution >= 0.6 is 12.2 Å². The van der Waals surface area contributed by atoms with Gasteiger partial charge in [-0.1, -0.05) is 42.5 Å². The van der Waals surface area contributed by atoms with Crippen molar-refractivity contribution in [3.8, 4) is 0 Å². The highest BCUT2D eigenvalue weighted by Gasteiger charge is 2.05. The normalized spacial score (nSPS) is 10.0. The van der Waals surface area contributed by atoms with E-state index < -0.39 is 0 Å².